The number of likely N-dealkylation sites (tertiary alicyclic amines) is 1. The van der Waals surface area contributed by atoms with Crippen LogP contribution < -0.4 is 0 Å². The lowest BCUT2D eigenvalue weighted by Gasteiger charge is -2.34. The van der Waals surface area contributed by atoms with E-state index in [1.165, 1.54) is 12.1 Å². The molecular formula is C19H23FN8O. The van der Waals surface area contributed by atoms with Gasteiger partial charge in [-0.15, -0.1) is 15.3 Å². The highest BCUT2D eigenvalue weighted by Crippen LogP contribution is 2.27. The first kappa shape index (κ1) is 19.2. The first-order valence-electron chi connectivity index (χ1n) is 9.64. The molecule has 1 fully saturated rings. The van der Waals surface area contributed by atoms with Gasteiger partial charge >= 0.3 is 0 Å². The van der Waals surface area contributed by atoms with E-state index in [1.807, 2.05) is 16.5 Å². The topological polar surface area (TPSA) is 94.6 Å². The molecule has 29 heavy (non-hydrogen) atoms. The maximum absolute atomic E-state index is 13.5. The van der Waals surface area contributed by atoms with Crippen LogP contribution >= 0.6 is 0 Å². The molecule has 0 N–H and O–H groups in total. The average Bonchev–Trinajstić information content (AvgIpc) is 3.35. The predicted octanol–water partition coefficient (Wildman–Crippen LogP) is 1.44. The van der Waals surface area contributed by atoms with Gasteiger partial charge < -0.3 is 9.47 Å². The Balaban J connectivity index is 1.58. The Morgan fingerprint density at radius 2 is 2.07 bits per heavy atom. The number of benzene rings is 1. The van der Waals surface area contributed by atoms with Crippen LogP contribution in [0.3, 0.4) is 0 Å². The second-order valence-electron chi connectivity index (χ2n) is 7.44. The largest absolute Gasteiger partial charge is 0.340 e. The highest BCUT2D eigenvalue weighted by atomic mass is 19.1. The molecule has 1 aliphatic heterocycles. The van der Waals surface area contributed by atoms with Crippen molar-refractivity contribution in [1.29, 1.82) is 0 Å². The Morgan fingerprint density at radius 1 is 1.28 bits per heavy atom. The van der Waals surface area contributed by atoms with Crippen LogP contribution in [0.5, 0.6) is 0 Å². The van der Waals surface area contributed by atoms with Crippen LogP contribution in [0.25, 0.3) is 0 Å². The molecule has 0 aliphatic carbocycles. The molecule has 2 atom stereocenters. The van der Waals surface area contributed by atoms with Gasteiger partial charge in [0.2, 0.25) is 5.91 Å². The van der Waals surface area contributed by atoms with E-state index in [2.05, 4.69) is 25.7 Å². The highest BCUT2D eigenvalue weighted by molar-refractivity contribution is 5.81. The zero-order valence-electron chi connectivity index (χ0n) is 16.4. The molecule has 0 radical (unpaired) electrons. The molecule has 1 amide bonds. The molecule has 1 aromatic carbocycles. The minimum Gasteiger partial charge on any atom is -0.340 e. The number of carbonyl (C=O) groups is 1. The van der Waals surface area contributed by atoms with Crippen LogP contribution in [0.1, 0.15) is 42.0 Å². The molecule has 9 nitrogen and oxygen atoms in total. The highest BCUT2D eigenvalue weighted by Gasteiger charge is 2.33. The molecule has 2 unspecified atom stereocenters. The lowest BCUT2D eigenvalue weighted by atomic mass is 9.95. The van der Waals surface area contributed by atoms with Crippen molar-refractivity contribution < 1.29 is 9.18 Å². The van der Waals surface area contributed by atoms with E-state index in [1.54, 1.807) is 30.1 Å². The lowest BCUT2D eigenvalue weighted by molar-refractivity contribution is -0.136. The number of aromatic nitrogens is 7. The van der Waals surface area contributed by atoms with Crippen molar-refractivity contribution in [2.75, 3.05) is 13.1 Å². The van der Waals surface area contributed by atoms with Crippen molar-refractivity contribution >= 4 is 5.91 Å². The van der Waals surface area contributed by atoms with E-state index < -0.39 is 6.04 Å². The van der Waals surface area contributed by atoms with Crippen molar-refractivity contribution in [2.45, 2.75) is 38.1 Å². The first-order valence-corrected chi connectivity index (χ1v) is 9.64. The number of amides is 1. The second-order valence-corrected chi connectivity index (χ2v) is 7.44. The van der Waals surface area contributed by atoms with E-state index in [0.29, 0.717) is 25.3 Å². The molecule has 3 aromatic rings. The van der Waals surface area contributed by atoms with Gasteiger partial charge in [0.25, 0.3) is 0 Å². The van der Waals surface area contributed by atoms with Crippen LogP contribution in [0.15, 0.2) is 30.6 Å². The molecule has 152 valence electrons. The van der Waals surface area contributed by atoms with Crippen molar-refractivity contribution in [3.63, 3.8) is 0 Å². The minimum atomic E-state index is -0.589. The van der Waals surface area contributed by atoms with Crippen molar-refractivity contribution in [3.05, 3.63) is 53.6 Å². The Labute approximate surface area is 167 Å². The van der Waals surface area contributed by atoms with Crippen molar-refractivity contribution in [3.8, 4) is 0 Å². The fourth-order valence-electron chi connectivity index (χ4n) is 3.91. The number of aryl methyl sites for hydroxylation is 2. The van der Waals surface area contributed by atoms with Gasteiger partial charge in [0.15, 0.2) is 0 Å². The first-order chi connectivity index (χ1) is 14.0. The number of carbonyl (C=O) groups excluding carboxylic acids is 1. The molecule has 4 rings (SSSR count). The zero-order chi connectivity index (χ0) is 20.4. The summed E-state index contributed by atoms with van der Waals surface area (Å²) in [6, 6.07) is 5.58. The number of rotatable bonds is 5. The van der Waals surface area contributed by atoms with Gasteiger partial charge in [-0.1, -0.05) is 12.1 Å². The molecule has 0 bridgehead atoms. The van der Waals surface area contributed by atoms with Crippen LogP contribution in [-0.2, 0) is 18.3 Å². The van der Waals surface area contributed by atoms with Gasteiger partial charge in [-0.2, -0.15) is 0 Å². The maximum Gasteiger partial charge on any atom is 0.247 e. The number of nitrogens with zero attached hydrogens (tertiary/aromatic N) is 8. The van der Waals surface area contributed by atoms with E-state index >= 15 is 0 Å². The fourth-order valence-corrected chi connectivity index (χ4v) is 3.91. The summed E-state index contributed by atoms with van der Waals surface area (Å²) in [6.45, 7) is 3.02. The van der Waals surface area contributed by atoms with Crippen LogP contribution in [0, 0.1) is 12.7 Å². The molecule has 0 saturated carbocycles. The summed E-state index contributed by atoms with van der Waals surface area (Å²) >= 11 is 0. The third kappa shape index (κ3) is 4.01. The molecule has 1 saturated heterocycles. The van der Waals surface area contributed by atoms with Crippen molar-refractivity contribution in [1.82, 2.24) is 39.9 Å². The Kier molecular flexibility index (Phi) is 5.32. The number of piperidine rings is 1. The standard InChI is InChI=1S/C19H23FN8O/c1-13-22-24-25-28(13)17(10-14-5-7-16(20)8-6-14)19(29)27-9-3-4-15(11-27)18-23-21-12-26(18)2/h5-8,12,15,17H,3-4,9-11H2,1-2H3. The second kappa shape index (κ2) is 8.06. The van der Waals surface area contributed by atoms with Crippen LogP contribution in [0.4, 0.5) is 4.39 Å². The summed E-state index contributed by atoms with van der Waals surface area (Å²) in [7, 11) is 1.91. The van der Waals surface area contributed by atoms with E-state index in [4.69, 9.17) is 0 Å². The molecule has 1 aliphatic rings. The van der Waals surface area contributed by atoms with E-state index in [9.17, 15) is 9.18 Å². The van der Waals surface area contributed by atoms with Gasteiger partial charge in [0.05, 0.1) is 0 Å². The van der Waals surface area contributed by atoms with E-state index in [0.717, 1.165) is 24.2 Å². The van der Waals surface area contributed by atoms with Gasteiger partial charge in [-0.05, 0) is 47.9 Å². The SMILES string of the molecule is Cc1nnnn1C(Cc1ccc(F)cc1)C(=O)N1CCCC(c2nncn2C)C1. The van der Waals surface area contributed by atoms with Gasteiger partial charge in [0, 0.05) is 32.5 Å². The molecule has 10 heteroatoms. The maximum atomic E-state index is 13.5. The average molecular weight is 398 g/mol. The fraction of sp³-hybridized carbons (Fsp3) is 0.474. The quantitative estimate of drug-likeness (QED) is 0.645. The summed E-state index contributed by atoms with van der Waals surface area (Å²) in [5.74, 6) is 1.24. The normalized spacial score (nSPS) is 18.0. The van der Waals surface area contributed by atoms with Crippen LogP contribution in [0.2, 0.25) is 0 Å². The zero-order valence-corrected chi connectivity index (χ0v) is 16.4. The number of halogens is 1. The molecule has 2 aromatic heterocycles. The van der Waals surface area contributed by atoms with E-state index in [-0.39, 0.29) is 17.6 Å². The molecule has 3 heterocycles. The van der Waals surface area contributed by atoms with Gasteiger partial charge in [0.1, 0.15) is 29.8 Å². The minimum absolute atomic E-state index is 0.0448. The lowest BCUT2D eigenvalue weighted by Crippen LogP contribution is -2.44. The predicted molar refractivity (Wildman–Crippen MR) is 101 cm³/mol. The number of hydrogen-bond acceptors (Lipinski definition) is 6. The number of hydrogen-bond donors (Lipinski definition) is 0. The molecule has 0 spiro atoms. The smallest absolute Gasteiger partial charge is 0.247 e. The Bertz CT molecular complexity index is 982. The van der Waals surface area contributed by atoms with Gasteiger partial charge in [-0.3, -0.25) is 4.79 Å². The summed E-state index contributed by atoms with van der Waals surface area (Å²) in [6.07, 6.45) is 3.91. The van der Waals surface area contributed by atoms with Crippen molar-refractivity contribution in [2.24, 2.45) is 7.05 Å². The third-order valence-corrected chi connectivity index (χ3v) is 5.42. The van der Waals surface area contributed by atoms with Gasteiger partial charge in [-0.25, -0.2) is 9.07 Å². The van der Waals surface area contributed by atoms with Crippen LogP contribution in [-0.4, -0.2) is 58.9 Å². The molecular weight excluding hydrogens is 375 g/mol. The summed E-state index contributed by atoms with van der Waals surface area (Å²) in [5.41, 5.74) is 0.849. The number of tetrazole rings is 1. The Hall–Kier alpha value is -3.17. The Morgan fingerprint density at radius 3 is 2.72 bits per heavy atom. The summed E-state index contributed by atoms with van der Waals surface area (Å²) < 4.78 is 16.8. The summed E-state index contributed by atoms with van der Waals surface area (Å²) in [4.78, 5) is 15.4. The summed E-state index contributed by atoms with van der Waals surface area (Å²) in [5, 5.41) is 19.9. The third-order valence-electron chi connectivity index (χ3n) is 5.42. The monoisotopic (exact) mass is 398 g/mol.